The summed E-state index contributed by atoms with van der Waals surface area (Å²) in [6, 6.07) is 6.16. The van der Waals surface area contributed by atoms with Gasteiger partial charge in [-0.1, -0.05) is 6.07 Å². The van der Waals surface area contributed by atoms with Gasteiger partial charge in [-0.3, -0.25) is 23.5 Å². The van der Waals surface area contributed by atoms with Crippen molar-refractivity contribution in [3.05, 3.63) is 58.0 Å². The number of hydrogen-bond donors (Lipinski definition) is 1. The molecule has 0 unspecified atom stereocenters. The summed E-state index contributed by atoms with van der Waals surface area (Å²) >= 11 is 0. The van der Waals surface area contributed by atoms with E-state index in [9.17, 15) is 18.8 Å². The van der Waals surface area contributed by atoms with E-state index in [0.717, 1.165) is 24.2 Å². The van der Waals surface area contributed by atoms with E-state index in [4.69, 9.17) is 0 Å². The molecule has 9 heteroatoms. The number of rotatable bonds is 8. The predicted octanol–water partition coefficient (Wildman–Crippen LogP) is 2.46. The van der Waals surface area contributed by atoms with E-state index in [1.807, 2.05) is 18.7 Å². The van der Waals surface area contributed by atoms with Crippen LogP contribution in [0.5, 0.6) is 0 Å². The molecule has 0 spiro atoms. The second-order valence-corrected chi connectivity index (χ2v) is 8.41. The third-order valence-corrected chi connectivity index (χ3v) is 6.23. The molecule has 0 saturated carbocycles. The quantitative estimate of drug-likeness (QED) is 0.531. The first-order valence-corrected chi connectivity index (χ1v) is 11.2. The van der Waals surface area contributed by atoms with E-state index >= 15 is 0 Å². The maximum absolute atomic E-state index is 13.8. The second-order valence-electron chi connectivity index (χ2n) is 8.41. The number of aryl methyl sites for hydroxylation is 2. The monoisotopic (exact) mass is 453 g/mol. The van der Waals surface area contributed by atoms with Gasteiger partial charge in [-0.15, -0.1) is 0 Å². The summed E-state index contributed by atoms with van der Waals surface area (Å²) in [5.74, 6) is -0.335. The molecule has 1 aliphatic rings. The van der Waals surface area contributed by atoms with Crippen molar-refractivity contribution < 1.29 is 14.0 Å². The highest BCUT2D eigenvalue weighted by Crippen LogP contribution is 2.25. The number of fused-ring (bicyclic) bond motifs is 1. The van der Waals surface area contributed by atoms with Gasteiger partial charge in [0.25, 0.3) is 5.56 Å². The van der Waals surface area contributed by atoms with Crippen molar-refractivity contribution in [1.29, 1.82) is 0 Å². The standard InChI is InChI=1S/C24H28FN5O3/c1-16-17(2)30(19-7-3-6-18(25)14-19)23-22(16)24(33)29(15-27-23)13-9-20(31)26-10-5-12-28-11-4-8-21(28)32/h3,6-7,14-15H,4-5,8-13H2,1-2H3,(H,26,31). The van der Waals surface area contributed by atoms with Crippen LogP contribution in [0.3, 0.4) is 0 Å². The highest BCUT2D eigenvalue weighted by molar-refractivity contribution is 5.83. The third-order valence-electron chi connectivity index (χ3n) is 6.23. The van der Waals surface area contributed by atoms with Crippen LogP contribution >= 0.6 is 0 Å². The average molecular weight is 454 g/mol. The Morgan fingerprint density at radius 2 is 2.03 bits per heavy atom. The number of nitrogens with zero attached hydrogens (tertiary/aromatic N) is 4. The fourth-order valence-corrected chi connectivity index (χ4v) is 4.32. The van der Waals surface area contributed by atoms with Crippen molar-refractivity contribution in [2.45, 2.75) is 46.1 Å². The van der Waals surface area contributed by atoms with E-state index in [-0.39, 0.29) is 36.2 Å². The first kappa shape index (κ1) is 22.7. The smallest absolute Gasteiger partial charge is 0.263 e. The molecule has 0 atom stereocenters. The Kier molecular flexibility index (Phi) is 6.57. The van der Waals surface area contributed by atoms with E-state index in [2.05, 4.69) is 10.3 Å². The summed E-state index contributed by atoms with van der Waals surface area (Å²) < 4.78 is 17.0. The van der Waals surface area contributed by atoms with Gasteiger partial charge in [0, 0.05) is 44.7 Å². The molecule has 3 heterocycles. The van der Waals surface area contributed by atoms with Crippen LogP contribution < -0.4 is 10.9 Å². The number of amides is 2. The molecular formula is C24H28FN5O3. The molecule has 1 N–H and O–H groups in total. The van der Waals surface area contributed by atoms with Crippen molar-refractivity contribution in [3.63, 3.8) is 0 Å². The molecule has 2 amide bonds. The minimum Gasteiger partial charge on any atom is -0.356 e. The Bertz CT molecular complexity index is 1260. The lowest BCUT2D eigenvalue weighted by molar-refractivity contribution is -0.127. The normalized spacial score (nSPS) is 13.8. The Hall–Kier alpha value is -3.49. The van der Waals surface area contributed by atoms with Crippen molar-refractivity contribution in [1.82, 2.24) is 24.3 Å². The minimum absolute atomic E-state index is 0.151. The van der Waals surface area contributed by atoms with Gasteiger partial charge >= 0.3 is 0 Å². The number of halogens is 1. The summed E-state index contributed by atoms with van der Waals surface area (Å²) in [6.45, 7) is 5.87. The van der Waals surface area contributed by atoms with Crippen LogP contribution in [-0.4, -0.2) is 50.5 Å². The van der Waals surface area contributed by atoms with Gasteiger partial charge in [0.1, 0.15) is 5.82 Å². The van der Waals surface area contributed by atoms with Crippen LogP contribution in [0.15, 0.2) is 35.4 Å². The molecule has 8 nitrogen and oxygen atoms in total. The van der Waals surface area contributed by atoms with Crippen LogP contribution in [0.1, 0.15) is 36.9 Å². The fourth-order valence-electron chi connectivity index (χ4n) is 4.32. The first-order chi connectivity index (χ1) is 15.9. The summed E-state index contributed by atoms with van der Waals surface area (Å²) in [4.78, 5) is 43.3. The van der Waals surface area contributed by atoms with Crippen molar-refractivity contribution in [2.24, 2.45) is 0 Å². The zero-order valence-electron chi connectivity index (χ0n) is 18.9. The summed E-state index contributed by atoms with van der Waals surface area (Å²) in [5, 5.41) is 3.31. The van der Waals surface area contributed by atoms with E-state index in [1.165, 1.54) is 23.0 Å². The van der Waals surface area contributed by atoms with Crippen LogP contribution in [0, 0.1) is 19.7 Å². The summed E-state index contributed by atoms with van der Waals surface area (Å²) in [7, 11) is 0. The molecule has 1 aliphatic heterocycles. The fraction of sp³-hybridized carbons (Fsp3) is 0.417. The lowest BCUT2D eigenvalue weighted by Gasteiger charge is -2.15. The molecule has 3 aromatic rings. The Morgan fingerprint density at radius 3 is 2.76 bits per heavy atom. The number of carbonyl (C=O) groups excluding carboxylic acids is 2. The van der Waals surface area contributed by atoms with E-state index in [0.29, 0.717) is 42.7 Å². The lowest BCUT2D eigenvalue weighted by Crippen LogP contribution is -2.31. The molecule has 1 saturated heterocycles. The van der Waals surface area contributed by atoms with Gasteiger partial charge in [-0.25, -0.2) is 9.37 Å². The zero-order chi connectivity index (χ0) is 23.5. The van der Waals surface area contributed by atoms with Gasteiger partial charge in [-0.2, -0.15) is 0 Å². The van der Waals surface area contributed by atoms with Crippen LogP contribution in [0.2, 0.25) is 0 Å². The molecule has 0 bridgehead atoms. The lowest BCUT2D eigenvalue weighted by atomic mass is 10.2. The van der Waals surface area contributed by atoms with E-state index < -0.39 is 0 Å². The van der Waals surface area contributed by atoms with Crippen molar-refractivity contribution in [3.8, 4) is 5.69 Å². The van der Waals surface area contributed by atoms with Crippen LogP contribution in [0.25, 0.3) is 16.7 Å². The van der Waals surface area contributed by atoms with Gasteiger partial charge in [0.05, 0.1) is 17.4 Å². The number of hydrogen-bond acceptors (Lipinski definition) is 4. The highest BCUT2D eigenvalue weighted by atomic mass is 19.1. The van der Waals surface area contributed by atoms with Gasteiger partial charge in [0.2, 0.25) is 11.8 Å². The number of carbonyl (C=O) groups is 2. The molecule has 174 valence electrons. The topological polar surface area (TPSA) is 89.2 Å². The number of aromatic nitrogens is 3. The minimum atomic E-state index is -0.363. The third kappa shape index (κ3) is 4.67. The van der Waals surface area contributed by atoms with Crippen molar-refractivity contribution in [2.75, 3.05) is 19.6 Å². The Labute approximate surface area is 191 Å². The van der Waals surface area contributed by atoms with E-state index in [1.54, 1.807) is 16.7 Å². The molecule has 4 rings (SSSR count). The average Bonchev–Trinajstić information content (AvgIpc) is 3.31. The summed E-state index contributed by atoms with van der Waals surface area (Å²) in [5.41, 5.74) is 2.44. The molecule has 0 aliphatic carbocycles. The maximum Gasteiger partial charge on any atom is 0.263 e. The molecule has 33 heavy (non-hydrogen) atoms. The van der Waals surface area contributed by atoms with Gasteiger partial charge < -0.3 is 10.2 Å². The number of likely N-dealkylation sites (tertiary alicyclic amines) is 1. The second kappa shape index (κ2) is 9.56. The first-order valence-electron chi connectivity index (χ1n) is 11.2. The highest BCUT2D eigenvalue weighted by Gasteiger charge is 2.20. The number of nitrogens with one attached hydrogen (secondary N) is 1. The SMILES string of the molecule is Cc1c(C)n(-c2cccc(F)c2)c2ncn(CCC(=O)NCCCN3CCCC3=O)c(=O)c12. The maximum atomic E-state index is 13.8. The summed E-state index contributed by atoms with van der Waals surface area (Å²) in [6.07, 6.45) is 3.81. The van der Waals surface area contributed by atoms with Crippen LogP contribution in [0.4, 0.5) is 4.39 Å². The Balaban J connectivity index is 1.42. The van der Waals surface area contributed by atoms with Crippen molar-refractivity contribution >= 4 is 22.8 Å². The number of benzene rings is 1. The molecule has 1 aromatic carbocycles. The molecule has 2 aromatic heterocycles. The molecule has 1 fully saturated rings. The van der Waals surface area contributed by atoms with Gasteiger partial charge in [-0.05, 0) is 50.5 Å². The Morgan fingerprint density at radius 1 is 1.21 bits per heavy atom. The zero-order valence-corrected chi connectivity index (χ0v) is 18.9. The molecular weight excluding hydrogens is 425 g/mol. The molecule has 0 radical (unpaired) electrons. The predicted molar refractivity (Wildman–Crippen MR) is 123 cm³/mol. The van der Waals surface area contributed by atoms with Gasteiger partial charge in [0.15, 0.2) is 5.65 Å². The van der Waals surface area contributed by atoms with Crippen LogP contribution in [-0.2, 0) is 16.1 Å². The largest absolute Gasteiger partial charge is 0.356 e.